The molecule has 1 aromatic rings. The molecule has 90 valence electrons. The number of aromatic nitrogens is 1. The summed E-state index contributed by atoms with van der Waals surface area (Å²) in [7, 11) is 0. The van der Waals surface area contributed by atoms with Crippen molar-refractivity contribution in [3.63, 3.8) is 0 Å². The van der Waals surface area contributed by atoms with Gasteiger partial charge in [0.2, 0.25) is 5.56 Å². The molecule has 0 amide bonds. The van der Waals surface area contributed by atoms with Gasteiger partial charge in [0.15, 0.2) is 0 Å². The van der Waals surface area contributed by atoms with E-state index >= 15 is 0 Å². The molecule has 1 heterocycles. The van der Waals surface area contributed by atoms with Crippen LogP contribution in [0.4, 0.5) is 0 Å². The van der Waals surface area contributed by atoms with Crippen LogP contribution in [-0.4, -0.2) is 10.2 Å². The first-order valence-electron chi connectivity index (χ1n) is 5.47. The summed E-state index contributed by atoms with van der Waals surface area (Å²) in [6.45, 7) is 8.26. The number of rotatable bonds is 5. The van der Waals surface area contributed by atoms with E-state index in [0.717, 1.165) is 17.6 Å². The lowest BCUT2D eigenvalue weighted by atomic mass is 9.99. The Balaban J connectivity index is 2.88. The van der Waals surface area contributed by atoms with E-state index in [-0.39, 0.29) is 10.8 Å². The second kappa shape index (κ2) is 6.31. The zero-order valence-corrected chi connectivity index (χ0v) is 10.9. The van der Waals surface area contributed by atoms with E-state index in [4.69, 9.17) is 5.26 Å². The molecule has 0 spiro atoms. The van der Waals surface area contributed by atoms with E-state index in [9.17, 15) is 4.79 Å². The Labute approximate surface area is 106 Å². The van der Waals surface area contributed by atoms with Crippen LogP contribution in [0.2, 0.25) is 0 Å². The fourth-order valence-corrected chi connectivity index (χ4v) is 2.44. The summed E-state index contributed by atoms with van der Waals surface area (Å²) in [6.07, 6.45) is 2.55. The molecule has 0 saturated heterocycles. The van der Waals surface area contributed by atoms with Gasteiger partial charge in [-0.2, -0.15) is 5.26 Å². The van der Waals surface area contributed by atoms with Crippen LogP contribution in [-0.2, 0) is 0 Å². The van der Waals surface area contributed by atoms with Crippen LogP contribution in [0.1, 0.15) is 25.8 Å². The Morgan fingerprint density at radius 2 is 2.29 bits per heavy atom. The monoisotopic (exact) mass is 248 g/mol. The highest BCUT2D eigenvalue weighted by Crippen LogP contribution is 2.30. The third kappa shape index (κ3) is 4.12. The Morgan fingerprint density at radius 3 is 2.76 bits per heavy atom. The lowest BCUT2D eigenvalue weighted by Gasteiger charge is -2.17. The predicted molar refractivity (Wildman–Crippen MR) is 72.5 cm³/mol. The van der Waals surface area contributed by atoms with Gasteiger partial charge in [0.05, 0.1) is 0 Å². The summed E-state index contributed by atoms with van der Waals surface area (Å²) in [5.74, 6) is 0.500. The lowest BCUT2D eigenvalue weighted by molar-refractivity contribution is 0.606. The average molecular weight is 248 g/mol. The van der Waals surface area contributed by atoms with Gasteiger partial charge in [0.1, 0.15) is 5.40 Å². The first-order valence-corrected chi connectivity index (χ1v) is 6.35. The summed E-state index contributed by atoms with van der Waals surface area (Å²) >= 11 is 1.23. The van der Waals surface area contributed by atoms with Crippen molar-refractivity contribution >= 4 is 17.3 Å². The van der Waals surface area contributed by atoms with Gasteiger partial charge in [-0.3, -0.25) is 4.79 Å². The second-order valence-corrected chi connectivity index (χ2v) is 5.28. The van der Waals surface area contributed by atoms with E-state index in [0.29, 0.717) is 5.92 Å². The number of aromatic amines is 1. The zero-order chi connectivity index (χ0) is 12.8. The number of H-pyrrole nitrogens is 1. The van der Waals surface area contributed by atoms with Crippen LogP contribution < -0.4 is 5.56 Å². The van der Waals surface area contributed by atoms with Crippen molar-refractivity contribution in [3.8, 4) is 5.40 Å². The maximum Gasteiger partial charge on any atom is 0.247 e. The highest BCUT2D eigenvalue weighted by molar-refractivity contribution is 8.04. The fraction of sp³-hybridized carbons (Fsp3) is 0.385. The molecule has 0 aliphatic carbocycles. The van der Waals surface area contributed by atoms with Crippen molar-refractivity contribution in [1.82, 2.24) is 4.98 Å². The molecule has 1 atom stereocenters. The first-order chi connectivity index (χ1) is 8.04. The smallest absolute Gasteiger partial charge is 0.247 e. The van der Waals surface area contributed by atoms with E-state index in [1.807, 2.05) is 0 Å². The quantitative estimate of drug-likeness (QED) is 0.815. The number of thioether (sulfide) groups is 1. The molecular weight excluding hydrogens is 232 g/mol. The number of thiocyanates is 1. The molecule has 17 heavy (non-hydrogen) atoms. The predicted octanol–water partition coefficient (Wildman–Crippen LogP) is 3.02. The molecule has 1 aromatic heterocycles. The molecule has 0 saturated carbocycles. The minimum atomic E-state index is -0.130. The van der Waals surface area contributed by atoms with Gasteiger partial charge in [-0.05, 0) is 41.3 Å². The zero-order valence-electron chi connectivity index (χ0n) is 10.1. The number of nitrogens with one attached hydrogen (secondary N) is 1. The topological polar surface area (TPSA) is 56.6 Å². The van der Waals surface area contributed by atoms with E-state index < -0.39 is 0 Å². The third-order valence-electron chi connectivity index (χ3n) is 2.42. The van der Waals surface area contributed by atoms with Crippen molar-refractivity contribution in [2.45, 2.75) is 25.5 Å². The SMILES string of the molecule is C=C(c1ccc(=O)[nH]c1)C(CC(C)C)SC#N. The van der Waals surface area contributed by atoms with Crippen molar-refractivity contribution in [3.05, 3.63) is 40.8 Å². The van der Waals surface area contributed by atoms with Crippen LogP contribution >= 0.6 is 11.8 Å². The van der Waals surface area contributed by atoms with Crippen LogP contribution in [0.15, 0.2) is 29.7 Å². The highest BCUT2D eigenvalue weighted by Gasteiger charge is 2.16. The Kier molecular flexibility index (Phi) is 5.05. The summed E-state index contributed by atoms with van der Waals surface area (Å²) in [4.78, 5) is 13.6. The van der Waals surface area contributed by atoms with E-state index in [2.05, 4.69) is 30.8 Å². The Morgan fingerprint density at radius 1 is 1.59 bits per heavy atom. The molecule has 1 rings (SSSR count). The Hall–Kier alpha value is -1.47. The number of hydrogen-bond donors (Lipinski definition) is 1. The largest absolute Gasteiger partial charge is 0.329 e. The molecule has 0 fully saturated rings. The third-order valence-corrected chi connectivity index (χ3v) is 3.29. The lowest BCUT2D eigenvalue weighted by Crippen LogP contribution is -2.10. The molecule has 0 bridgehead atoms. The molecule has 3 nitrogen and oxygen atoms in total. The van der Waals surface area contributed by atoms with E-state index in [1.165, 1.54) is 17.8 Å². The first kappa shape index (κ1) is 13.6. The summed E-state index contributed by atoms with van der Waals surface area (Å²) in [5.41, 5.74) is 1.65. The highest BCUT2D eigenvalue weighted by atomic mass is 32.2. The van der Waals surface area contributed by atoms with E-state index in [1.54, 1.807) is 12.3 Å². The summed E-state index contributed by atoms with van der Waals surface area (Å²) < 4.78 is 0. The van der Waals surface area contributed by atoms with Gasteiger partial charge < -0.3 is 4.98 Å². The van der Waals surface area contributed by atoms with Crippen molar-refractivity contribution in [2.75, 3.05) is 0 Å². The molecule has 0 aliphatic heterocycles. The number of nitriles is 1. The second-order valence-electron chi connectivity index (χ2n) is 4.29. The number of pyridine rings is 1. The van der Waals surface area contributed by atoms with Crippen molar-refractivity contribution in [2.24, 2.45) is 5.92 Å². The van der Waals surface area contributed by atoms with Crippen LogP contribution in [0.5, 0.6) is 0 Å². The molecule has 0 radical (unpaired) electrons. The molecular formula is C13H16N2OS. The molecule has 1 unspecified atom stereocenters. The van der Waals surface area contributed by atoms with Gasteiger partial charge >= 0.3 is 0 Å². The molecule has 1 N–H and O–H groups in total. The minimum Gasteiger partial charge on any atom is -0.329 e. The average Bonchev–Trinajstić information content (AvgIpc) is 2.28. The minimum absolute atomic E-state index is 0.0749. The van der Waals surface area contributed by atoms with Gasteiger partial charge in [-0.25, -0.2) is 0 Å². The summed E-state index contributed by atoms with van der Waals surface area (Å²) in [6, 6.07) is 3.22. The van der Waals surface area contributed by atoms with Gasteiger partial charge in [0, 0.05) is 17.5 Å². The number of hydrogen-bond acceptors (Lipinski definition) is 3. The van der Waals surface area contributed by atoms with Crippen molar-refractivity contribution < 1.29 is 0 Å². The van der Waals surface area contributed by atoms with Gasteiger partial charge in [-0.1, -0.05) is 20.4 Å². The van der Waals surface area contributed by atoms with Gasteiger partial charge in [0.25, 0.3) is 0 Å². The van der Waals surface area contributed by atoms with Crippen LogP contribution in [0.3, 0.4) is 0 Å². The maximum absolute atomic E-state index is 11.0. The summed E-state index contributed by atoms with van der Waals surface area (Å²) in [5, 5.41) is 11.0. The maximum atomic E-state index is 11.0. The fourth-order valence-electron chi connectivity index (χ4n) is 1.55. The normalized spacial score (nSPS) is 12.1. The number of nitrogens with zero attached hydrogens (tertiary/aromatic N) is 1. The molecule has 4 heteroatoms. The van der Waals surface area contributed by atoms with Gasteiger partial charge in [-0.15, -0.1) is 0 Å². The Bertz CT molecular complexity index is 464. The molecule has 0 aromatic carbocycles. The van der Waals surface area contributed by atoms with Crippen LogP contribution in [0.25, 0.3) is 5.57 Å². The molecule has 0 aliphatic rings. The van der Waals surface area contributed by atoms with Crippen LogP contribution in [0, 0.1) is 16.6 Å². The van der Waals surface area contributed by atoms with Crippen molar-refractivity contribution in [1.29, 1.82) is 5.26 Å². The standard InChI is InChI=1S/C13H16N2OS/c1-9(2)6-12(17-8-14)10(3)11-4-5-13(16)15-7-11/h4-5,7,9,12H,3,6H2,1-2H3,(H,15,16).